The molecule has 0 saturated carbocycles. The Labute approximate surface area is 117 Å². The third-order valence-electron chi connectivity index (χ3n) is 2.95. The summed E-state index contributed by atoms with van der Waals surface area (Å²) in [5, 5.41) is 5.88. The second kappa shape index (κ2) is 6.70. The minimum absolute atomic E-state index is 0. The quantitative estimate of drug-likeness (QED) is 0.811. The van der Waals surface area contributed by atoms with E-state index in [2.05, 4.69) is 10.6 Å². The summed E-state index contributed by atoms with van der Waals surface area (Å²) in [5.74, 6) is -0.152. The van der Waals surface area contributed by atoms with Crippen molar-refractivity contribution < 1.29 is 9.53 Å². The van der Waals surface area contributed by atoms with E-state index in [1.54, 1.807) is 19.3 Å². The number of carbonyl (C=O) groups excluding carboxylic acids is 1. The van der Waals surface area contributed by atoms with Crippen LogP contribution in [0.2, 0.25) is 0 Å². The first-order valence-corrected chi connectivity index (χ1v) is 5.90. The summed E-state index contributed by atoms with van der Waals surface area (Å²) in [6.07, 6.45) is 1.43. The largest absolute Gasteiger partial charge is 0.375 e. The average Bonchev–Trinajstić information content (AvgIpc) is 2.34. The highest BCUT2D eigenvalue weighted by atomic mass is 35.5. The molecule has 2 rings (SSSR count). The molecular weight excluding hydrogens is 270 g/mol. The van der Waals surface area contributed by atoms with Crippen LogP contribution in [-0.4, -0.2) is 35.8 Å². The lowest BCUT2D eigenvalue weighted by atomic mass is 10.1. The molecule has 1 aromatic rings. The highest BCUT2D eigenvalue weighted by Gasteiger charge is 2.28. The Morgan fingerprint density at radius 1 is 1.53 bits per heavy atom. The molecule has 0 radical (unpaired) electrons. The van der Waals surface area contributed by atoms with Crippen LogP contribution in [-0.2, 0) is 16.6 Å². The lowest BCUT2D eigenvalue weighted by Crippen LogP contribution is -2.53. The molecule has 6 nitrogen and oxygen atoms in total. The van der Waals surface area contributed by atoms with Crippen molar-refractivity contribution in [1.29, 1.82) is 0 Å². The van der Waals surface area contributed by atoms with E-state index >= 15 is 0 Å². The first-order chi connectivity index (χ1) is 8.58. The first-order valence-electron chi connectivity index (χ1n) is 5.90. The molecule has 0 bridgehead atoms. The van der Waals surface area contributed by atoms with E-state index in [1.165, 1.54) is 10.6 Å². The highest BCUT2D eigenvalue weighted by molar-refractivity contribution is 5.95. The molecule has 2 heterocycles. The maximum Gasteiger partial charge on any atom is 0.250 e. The van der Waals surface area contributed by atoms with E-state index in [4.69, 9.17) is 4.74 Å². The van der Waals surface area contributed by atoms with Gasteiger partial charge in [-0.15, -0.1) is 12.4 Å². The molecule has 1 fully saturated rings. The number of morpholine rings is 1. The van der Waals surface area contributed by atoms with Crippen molar-refractivity contribution in [1.82, 2.24) is 9.88 Å². The van der Waals surface area contributed by atoms with Crippen molar-refractivity contribution in [2.24, 2.45) is 7.05 Å². The Hall–Kier alpha value is -1.37. The van der Waals surface area contributed by atoms with Crippen molar-refractivity contribution in [3.8, 4) is 0 Å². The van der Waals surface area contributed by atoms with Crippen LogP contribution in [0.15, 0.2) is 23.1 Å². The molecule has 1 saturated heterocycles. The fourth-order valence-electron chi connectivity index (χ4n) is 1.92. The number of nitrogens with one attached hydrogen (secondary N) is 2. The summed E-state index contributed by atoms with van der Waals surface area (Å²) in [6, 6.07) is 2.65. The van der Waals surface area contributed by atoms with Gasteiger partial charge < -0.3 is 19.9 Å². The van der Waals surface area contributed by atoms with Crippen molar-refractivity contribution >= 4 is 24.0 Å². The number of hydrogen-bond donors (Lipinski definition) is 2. The van der Waals surface area contributed by atoms with E-state index in [0.717, 1.165) is 0 Å². The van der Waals surface area contributed by atoms with Crippen molar-refractivity contribution in [3.63, 3.8) is 0 Å². The zero-order valence-electron chi connectivity index (χ0n) is 10.9. The Morgan fingerprint density at radius 3 is 2.89 bits per heavy atom. The van der Waals surface area contributed by atoms with Crippen LogP contribution in [0.3, 0.4) is 0 Å². The van der Waals surface area contributed by atoms with Crippen molar-refractivity contribution in [2.75, 3.05) is 18.5 Å². The number of pyridine rings is 1. The molecule has 1 aliphatic heterocycles. The topological polar surface area (TPSA) is 72.4 Å². The lowest BCUT2D eigenvalue weighted by molar-refractivity contribution is -0.123. The van der Waals surface area contributed by atoms with E-state index in [-0.39, 0.29) is 36.0 Å². The van der Waals surface area contributed by atoms with Gasteiger partial charge in [-0.05, 0) is 13.0 Å². The van der Waals surface area contributed by atoms with Gasteiger partial charge in [-0.3, -0.25) is 9.59 Å². The summed E-state index contributed by atoms with van der Waals surface area (Å²) in [4.78, 5) is 23.3. The molecule has 106 valence electrons. The predicted molar refractivity (Wildman–Crippen MR) is 74.8 cm³/mol. The van der Waals surface area contributed by atoms with E-state index in [1.807, 2.05) is 6.92 Å². The van der Waals surface area contributed by atoms with Crippen LogP contribution in [0.5, 0.6) is 0 Å². The van der Waals surface area contributed by atoms with Crippen LogP contribution < -0.4 is 16.2 Å². The van der Waals surface area contributed by atoms with Gasteiger partial charge in [-0.1, -0.05) is 0 Å². The molecule has 2 atom stereocenters. The maximum atomic E-state index is 12.0. The minimum Gasteiger partial charge on any atom is -0.375 e. The number of rotatable bonds is 2. The summed E-state index contributed by atoms with van der Waals surface area (Å²) in [7, 11) is 1.64. The van der Waals surface area contributed by atoms with E-state index < -0.39 is 0 Å². The second-order valence-electron chi connectivity index (χ2n) is 4.36. The normalized spacial score (nSPS) is 22.4. The number of carbonyl (C=O) groups is 1. The fraction of sp³-hybridized carbons (Fsp3) is 0.500. The van der Waals surface area contributed by atoms with Gasteiger partial charge in [-0.25, -0.2) is 0 Å². The summed E-state index contributed by atoms with van der Waals surface area (Å²) >= 11 is 0. The Morgan fingerprint density at radius 2 is 2.26 bits per heavy atom. The van der Waals surface area contributed by atoms with Gasteiger partial charge in [0.1, 0.15) is 6.04 Å². The van der Waals surface area contributed by atoms with E-state index in [9.17, 15) is 9.59 Å². The number of halogens is 1. The smallest absolute Gasteiger partial charge is 0.250 e. The number of aryl methyl sites for hydroxylation is 1. The third kappa shape index (κ3) is 3.79. The average molecular weight is 288 g/mol. The maximum absolute atomic E-state index is 12.0. The van der Waals surface area contributed by atoms with Gasteiger partial charge in [0.05, 0.1) is 18.4 Å². The van der Waals surface area contributed by atoms with Gasteiger partial charge in [0.2, 0.25) is 11.5 Å². The number of amides is 1. The monoisotopic (exact) mass is 287 g/mol. The van der Waals surface area contributed by atoms with Crippen LogP contribution in [0.25, 0.3) is 0 Å². The molecule has 7 heteroatoms. The fourth-order valence-corrected chi connectivity index (χ4v) is 1.92. The highest BCUT2D eigenvalue weighted by Crippen LogP contribution is 2.08. The van der Waals surface area contributed by atoms with Crippen LogP contribution in [0, 0.1) is 0 Å². The number of ether oxygens (including phenoxy) is 1. The second-order valence-corrected chi connectivity index (χ2v) is 4.36. The van der Waals surface area contributed by atoms with Crippen LogP contribution in [0.1, 0.15) is 6.92 Å². The van der Waals surface area contributed by atoms with Crippen LogP contribution in [0.4, 0.5) is 5.69 Å². The summed E-state index contributed by atoms with van der Waals surface area (Å²) in [5.41, 5.74) is 0.488. The Kier molecular flexibility index (Phi) is 5.53. The molecule has 19 heavy (non-hydrogen) atoms. The number of hydrogen-bond acceptors (Lipinski definition) is 4. The van der Waals surface area contributed by atoms with Crippen molar-refractivity contribution in [2.45, 2.75) is 19.1 Å². The number of anilines is 1. The SMILES string of the molecule is C[C@H]1OCCN[C@@H]1C(=O)Nc1ccc(=O)n(C)c1.Cl. The molecule has 1 aromatic heterocycles. The third-order valence-corrected chi connectivity index (χ3v) is 2.95. The van der Waals surface area contributed by atoms with Gasteiger partial charge in [-0.2, -0.15) is 0 Å². The molecule has 0 spiro atoms. The standard InChI is InChI=1S/C12H17N3O3.ClH/c1-8-11(13-5-6-18-8)12(17)14-9-3-4-10(16)15(2)7-9;/h3-4,7-8,11,13H,5-6H2,1-2H3,(H,14,17);1H/t8-,11+;/m1./s1. The molecule has 1 aliphatic rings. The number of nitrogens with zero attached hydrogens (tertiary/aromatic N) is 1. The number of aromatic nitrogens is 1. The Balaban J connectivity index is 0.00000180. The van der Waals surface area contributed by atoms with Gasteiger partial charge >= 0.3 is 0 Å². The van der Waals surface area contributed by atoms with Crippen LogP contribution >= 0.6 is 12.4 Å². The van der Waals surface area contributed by atoms with Gasteiger partial charge in [0.15, 0.2) is 0 Å². The summed E-state index contributed by atoms with van der Waals surface area (Å²) < 4.78 is 6.83. The lowest BCUT2D eigenvalue weighted by Gasteiger charge is -2.29. The van der Waals surface area contributed by atoms with E-state index in [0.29, 0.717) is 18.8 Å². The first kappa shape index (κ1) is 15.7. The van der Waals surface area contributed by atoms with Gasteiger partial charge in [0, 0.05) is 25.9 Å². The molecule has 0 aliphatic carbocycles. The van der Waals surface area contributed by atoms with Crippen molar-refractivity contribution in [3.05, 3.63) is 28.7 Å². The zero-order valence-corrected chi connectivity index (χ0v) is 11.7. The molecule has 1 amide bonds. The molecule has 0 aromatic carbocycles. The summed E-state index contributed by atoms with van der Waals surface area (Å²) in [6.45, 7) is 3.14. The minimum atomic E-state index is -0.365. The molecular formula is C12H18ClN3O3. The predicted octanol–water partition coefficient (Wildman–Crippen LogP) is 0.122. The zero-order chi connectivity index (χ0) is 13.1. The molecule has 0 unspecified atom stereocenters. The molecule has 2 N–H and O–H groups in total. The van der Waals surface area contributed by atoms with Gasteiger partial charge in [0.25, 0.3) is 0 Å². The Bertz CT molecular complexity index is 503.